The van der Waals surface area contributed by atoms with Gasteiger partial charge in [0.1, 0.15) is 31.4 Å². The number of nitrogens with one attached hydrogen (secondary N) is 2. The third kappa shape index (κ3) is 7.09. The standard InChI is InChI=1S/C51H40Br2N4O10S/c1-24-18-35-44(58)50-42(49(63)67-51(50,64)45(35)68-24)41(43(66-50)26-9-17-36(52)37(53)20-26)47(60)55-28-10-6-25(7-11-28)23-54-46(59)27-8-14-31(34(19-27)48(61)62)40-32-15-12-29(56(2)3)21-38(32)65-39-22-30(57(4)5)13-16-33(39)40/h6-22,41-43,64H,23H2,1-5H3,(H2-,54,55,59,60,61,62)/p+1/t41-,42-,43-,50+,51?/m0/s1. The van der Waals surface area contributed by atoms with Crippen LogP contribution in [0.4, 0.5) is 11.4 Å². The quantitative estimate of drug-likeness (QED) is 0.0622. The van der Waals surface area contributed by atoms with Crippen LogP contribution in [0.1, 0.15) is 58.1 Å². The Hall–Kier alpha value is -6.50. The molecule has 1 aromatic heterocycles. The average molecular weight is 1060 g/mol. The molecule has 2 saturated heterocycles. The van der Waals surface area contributed by atoms with Gasteiger partial charge < -0.3 is 39.6 Å². The van der Waals surface area contributed by atoms with Crippen molar-refractivity contribution in [2.75, 3.05) is 38.4 Å². The summed E-state index contributed by atoms with van der Waals surface area (Å²) < 4.78 is 21.9. The summed E-state index contributed by atoms with van der Waals surface area (Å²) in [7, 11) is 7.70. The number of Topliss-reactive ketones (excluding diaryl/α,β-unsaturated/α-hetero) is 1. The number of amides is 2. The van der Waals surface area contributed by atoms with Gasteiger partial charge in [0, 0.05) is 85.6 Å². The fraction of sp³-hybridized carbons (Fsp3) is 0.216. The molecule has 4 N–H and O–H groups in total. The van der Waals surface area contributed by atoms with E-state index in [1.54, 1.807) is 67.6 Å². The molecule has 0 bridgehead atoms. The van der Waals surface area contributed by atoms with Crippen molar-refractivity contribution < 1.29 is 48.1 Å². The first-order valence-electron chi connectivity index (χ1n) is 21.4. The number of benzene rings is 5. The highest BCUT2D eigenvalue weighted by Crippen LogP contribution is 2.66. The van der Waals surface area contributed by atoms with Crippen LogP contribution in [0, 0.1) is 18.8 Å². The Morgan fingerprint density at radius 1 is 0.868 bits per heavy atom. The first-order valence-corrected chi connectivity index (χ1v) is 23.8. The summed E-state index contributed by atoms with van der Waals surface area (Å²) in [5, 5.41) is 30.0. The molecule has 1 spiro atoms. The van der Waals surface area contributed by atoms with Gasteiger partial charge in [-0.15, -0.1) is 11.3 Å². The number of carbonyl (C=O) groups is 5. The Kier molecular flexibility index (Phi) is 11.1. The number of hydrogen-bond acceptors (Lipinski definition) is 11. The van der Waals surface area contributed by atoms with Gasteiger partial charge in [-0.05, 0) is 116 Å². The normalized spacial score (nSPS) is 21.3. The fourth-order valence-electron chi connectivity index (χ4n) is 9.62. The number of carboxylic acids is 1. The minimum atomic E-state index is -2.42. The molecule has 10 rings (SSSR count). The molecular formula is C51H41Br2N4O10S+. The Bertz CT molecular complexity index is 3380. The number of carboxylic acid groups (broad SMARTS) is 1. The van der Waals surface area contributed by atoms with Crippen LogP contribution < -0.4 is 25.5 Å². The van der Waals surface area contributed by atoms with Crippen molar-refractivity contribution in [3.05, 3.63) is 155 Å². The number of aryl methyl sites for hydroxylation is 1. The first-order chi connectivity index (χ1) is 32.4. The van der Waals surface area contributed by atoms with Crippen LogP contribution in [-0.2, 0) is 31.4 Å². The number of halogens is 2. The second-order valence-electron chi connectivity index (χ2n) is 17.5. The van der Waals surface area contributed by atoms with Gasteiger partial charge in [-0.2, -0.15) is 0 Å². The lowest BCUT2D eigenvalue weighted by Gasteiger charge is -2.31. The van der Waals surface area contributed by atoms with Gasteiger partial charge in [-0.25, -0.2) is 9.37 Å². The van der Waals surface area contributed by atoms with Crippen molar-refractivity contribution in [3.63, 3.8) is 0 Å². The number of rotatable bonds is 9. The van der Waals surface area contributed by atoms with Crippen molar-refractivity contribution in [1.82, 2.24) is 9.89 Å². The molecule has 3 aliphatic heterocycles. The molecule has 17 heteroatoms. The molecule has 2 fully saturated rings. The van der Waals surface area contributed by atoms with Gasteiger partial charge in [0.2, 0.25) is 22.6 Å². The van der Waals surface area contributed by atoms with E-state index in [0.717, 1.165) is 31.7 Å². The van der Waals surface area contributed by atoms with Gasteiger partial charge in [-0.1, -0.05) is 24.3 Å². The summed E-state index contributed by atoms with van der Waals surface area (Å²) in [5.41, 5.74) is 2.85. The van der Waals surface area contributed by atoms with Crippen molar-refractivity contribution in [2.24, 2.45) is 11.8 Å². The van der Waals surface area contributed by atoms with Crippen molar-refractivity contribution in [1.29, 1.82) is 0 Å². The van der Waals surface area contributed by atoms with Gasteiger partial charge >= 0.3 is 11.9 Å². The lowest BCUT2D eigenvalue weighted by Crippen LogP contribution is -2.53. The van der Waals surface area contributed by atoms with E-state index in [4.69, 9.17) is 13.9 Å². The van der Waals surface area contributed by atoms with Crippen LogP contribution >= 0.6 is 43.2 Å². The van der Waals surface area contributed by atoms with E-state index in [0.29, 0.717) is 54.7 Å². The molecule has 5 aromatic rings. The summed E-state index contributed by atoms with van der Waals surface area (Å²) in [6.45, 7) is 1.84. The highest BCUT2D eigenvalue weighted by atomic mass is 79.9. The summed E-state index contributed by atoms with van der Waals surface area (Å²) in [5.74, 6) is -8.53. The van der Waals surface area contributed by atoms with Gasteiger partial charge in [0.15, 0.2) is 0 Å². The van der Waals surface area contributed by atoms with Crippen molar-refractivity contribution in [2.45, 2.75) is 31.0 Å². The Morgan fingerprint density at radius 2 is 1.62 bits per heavy atom. The van der Waals surface area contributed by atoms with E-state index in [-0.39, 0.29) is 28.1 Å². The molecule has 0 radical (unpaired) electrons. The van der Waals surface area contributed by atoms with E-state index in [2.05, 4.69) is 42.5 Å². The van der Waals surface area contributed by atoms with Crippen LogP contribution in [0.3, 0.4) is 0 Å². The van der Waals surface area contributed by atoms with Gasteiger partial charge in [0.25, 0.3) is 11.7 Å². The zero-order valence-corrected chi connectivity index (χ0v) is 41.0. The predicted molar refractivity (Wildman–Crippen MR) is 262 cm³/mol. The van der Waals surface area contributed by atoms with E-state index in [1.807, 2.05) is 74.1 Å². The van der Waals surface area contributed by atoms with Crippen LogP contribution in [0.2, 0.25) is 0 Å². The number of aliphatic hydroxyl groups is 1. The summed E-state index contributed by atoms with van der Waals surface area (Å²) in [4.78, 5) is 71.9. The monoisotopic (exact) mass is 1060 g/mol. The minimum absolute atomic E-state index is 0.0623. The van der Waals surface area contributed by atoms with Crippen LogP contribution in [0.5, 0.6) is 0 Å². The smallest absolute Gasteiger partial charge is 0.336 e. The number of hydrogen-bond donors (Lipinski definition) is 4. The highest BCUT2D eigenvalue weighted by Gasteiger charge is 2.83. The average Bonchev–Trinajstić information content (AvgIpc) is 4.00. The van der Waals surface area contributed by atoms with E-state index < -0.39 is 58.9 Å². The Balaban J connectivity index is 0.895. The first kappa shape index (κ1) is 45.3. The molecule has 5 aliphatic rings. The fourth-order valence-corrected chi connectivity index (χ4v) is 11.4. The largest absolute Gasteiger partial charge is 0.478 e. The molecule has 68 heavy (non-hydrogen) atoms. The molecule has 14 nitrogen and oxygen atoms in total. The number of carbonyl (C=O) groups excluding carboxylic acids is 4. The lowest BCUT2D eigenvalue weighted by atomic mass is 9.75. The number of fused-ring (bicyclic) bond motifs is 4. The molecular weight excluding hydrogens is 1020 g/mol. The molecule has 2 aliphatic carbocycles. The van der Waals surface area contributed by atoms with Crippen LogP contribution in [0.15, 0.2) is 116 Å². The molecule has 344 valence electrons. The zero-order valence-electron chi connectivity index (χ0n) is 37.0. The SMILES string of the molecule is Cc1cc2c(s1)C1(O)OC(=O)[C@@H]3[C@H](C(=O)Nc4ccc(CNC(=O)c5ccc(-c6c7ccc(=[N+](C)C)cc-7oc7cc(N(C)C)ccc67)c(C(=O)O)c5)cc4)[C@H](c4ccc(Br)c(Br)c4)O[C@@]31C2=O. The molecule has 2 amide bonds. The summed E-state index contributed by atoms with van der Waals surface area (Å²) >= 11 is 8.09. The minimum Gasteiger partial charge on any atom is -0.478 e. The number of thiophene rings is 1. The van der Waals surface area contributed by atoms with E-state index in [1.165, 1.54) is 6.07 Å². The number of ketones is 1. The number of aromatic carboxylic acids is 1. The van der Waals surface area contributed by atoms with Crippen LogP contribution in [-0.4, -0.2) is 73.5 Å². The summed E-state index contributed by atoms with van der Waals surface area (Å²) in [6, 6.07) is 29.6. The Labute approximate surface area is 409 Å². The molecule has 4 heterocycles. The molecule has 1 unspecified atom stereocenters. The number of esters is 1. The third-order valence-electron chi connectivity index (χ3n) is 12.9. The zero-order chi connectivity index (χ0) is 48.1. The number of nitrogens with zero attached hydrogens (tertiary/aromatic N) is 2. The van der Waals surface area contributed by atoms with E-state index >= 15 is 0 Å². The van der Waals surface area contributed by atoms with Crippen molar-refractivity contribution in [3.8, 4) is 22.5 Å². The summed E-state index contributed by atoms with van der Waals surface area (Å²) in [6.07, 6.45) is -1.14. The second-order valence-corrected chi connectivity index (χ2v) is 20.5. The maximum Gasteiger partial charge on any atom is 0.336 e. The van der Waals surface area contributed by atoms with E-state index in [9.17, 15) is 34.2 Å². The maximum absolute atomic E-state index is 14.4. The highest BCUT2D eigenvalue weighted by molar-refractivity contribution is 9.13. The Morgan fingerprint density at radius 3 is 2.32 bits per heavy atom. The lowest BCUT2D eigenvalue weighted by molar-refractivity contribution is -0.251. The molecule has 5 atom stereocenters. The topological polar surface area (TPSA) is 188 Å². The predicted octanol–water partition coefficient (Wildman–Crippen LogP) is 8.11. The van der Waals surface area contributed by atoms with Crippen molar-refractivity contribution >= 4 is 95.1 Å². The second kappa shape index (κ2) is 16.6. The van der Waals surface area contributed by atoms with Gasteiger partial charge in [0.05, 0.1) is 28.5 Å². The maximum atomic E-state index is 14.4. The molecule has 4 aromatic carbocycles. The number of ether oxygens (including phenoxy) is 2. The van der Waals surface area contributed by atoms with Crippen LogP contribution in [0.25, 0.3) is 33.4 Å². The third-order valence-corrected chi connectivity index (χ3v) is 16.0. The molecule has 0 saturated carbocycles. The number of anilines is 2. The van der Waals surface area contributed by atoms with Gasteiger partial charge in [-0.3, -0.25) is 19.2 Å².